The number of thioether (sulfide) groups is 1. The molecule has 6 nitrogen and oxygen atoms in total. The molecule has 1 N–H and O–H groups in total. The molecule has 0 atom stereocenters. The number of hydrogen-bond donors (Lipinski definition) is 1. The van der Waals surface area contributed by atoms with E-state index in [0.717, 1.165) is 48.6 Å². The van der Waals surface area contributed by atoms with Gasteiger partial charge in [0.15, 0.2) is 5.16 Å². The summed E-state index contributed by atoms with van der Waals surface area (Å²) in [5.74, 6) is -0.982. The Morgan fingerprint density at radius 2 is 2.03 bits per heavy atom. The first-order valence-corrected chi connectivity index (χ1v) is 13.6. The van der Waals surface area contributed by atoms with Crippen LogP contribution in [0.25, 0.3) is 15.9 Å². The predicted molar refractivity (Wildman–Crippen MR) is 144 cm³/mol. The van der Waals surface area contributed by atoms with Gasteiger partial charge in [-0.15, -0.1) is 11.3 Å². The molecule has 1 aliphatic carbocycles. The summed E-state index contributed by atoms with van der Waals surface area (Å²) in [6, 6.07) is 12.0. The fourth-order valence-corrected chi connectivity index (χ4v) is 6.49. The Hall–Kier alpha value is -3.01. The first-order chi connectivity index (χ1) is 17.4. The van der Waals surface area contributed by atoms with Gasteiger partial charge < -0.3 is 0 Å². The number of hydrogen-bond acceptors (Lipinski definition) is 6. The first-order valence-electron chi connectivity index (χ1n) is 11.5. The lowest BCUT2D eigenvalue weighted by molar-refractivity contribution is -0.118. The maximum absolute atomic E-state index is 13.9. The third-order valence-electron chi connectivity index (χ3n) is 5.97. The summed E-state index contributed by atoms with van der Waals surface area (Å²) < 4.78 is 15.5. The average Bonchev–Trinajstić information content (AvgIpc) is 3.24. The minimum absolute atomic E-state index is 0.0305. The van der Waals surface area contributed by atoms with Gasteiger partial charge in [0, 0.05) is 10.4 Å². The molecule has 184 valence electrons. The molecule has 0 unspecified atom stereocenters. The number of rotatable bonds is 6. The van der Waals surface area contributed by atoms with Crippen LogP contribution in [0.1, 0.15) is 34.4 Å². The number of halogens is 2. The Labute approximate surface area is 220 Å². The van der Waals surface area contributed by atoms with Crippen LogP contribution in [0.5, 0.6) is 0 Å². The zero-order chi connectivity index (χ0) is 25.2. The second kappa shape index (κ2) is 10.5. The zero-order valence-corrected chi connectivity index (χ0v) is 21.8. The molecular formula is C26H22ClFN4O2S2. The maximum Gasteiger partial charge on any atom is 0.267 e. The van der Waals surface area contributed by atoms with Crippen molar-refractivity contribution in [1.82, 2.24) is 15.0 Å². The molecule has 4 aromatic rings. The lowest BCUT2D eigenvalue weighted by Gasteiger charge is -2.13. The van der Waals surface area contributed by atoms with Crippen molar-refractivity contribution in [2.24, 2.45) is 5.10 Å². The number of fused-ring (bicyclic) bond motifs is 3. The van der Waals surface area contributed by atoms with E-state index in [1.54, 1.807) is 15.9 Å². The number of carbonyl (C=O) groups excluding carboxylic acids is 1. The first kappa shape index (κ1) is 24.7. The molecule has 0 spiro atoms. The summed E-state index contributed by atoms with van der Waals surface area (Å²) in [4.78, 5) is 33.0. The minimum atomic E-state index is -0.534. The third kappa shape index (κ3) is 4.96. The number of carbonyl (C=O) groups is 1. The molecule has 0 fully saturated rings. The number of nitrogens with one attached hydrogen (secondary N) is 1. The van der Waals surface area contributed by atoms with Gasteiger partial charge in [-0.1, -0.05) is 47.1 Å². The third-order valence-corrected chi connectivity index (χ3v) is 8.42. The fraction of sp³-hybridized carbons (Fsp3) is 0.231. The molecule has 10 heteroatoms. The zero-order valence-electron chi connectivity index (χ0n) is 19.4. The second-order valence-corrected chi connectivity index (χ2v) is 10.9. The van der Waals surface area contributed by atoms with Gasteiger partial charge >= 0.3 is 0 Å². The molecule has 0 saturated carbocycles. The summed E-state index contributed by atoms with van der Waals surface area (Å²) >= 11 is 8.71. The standard InChI is InChI=1S/C26H22ClFN4O2S2/c1-15-9-11-16(12-10-15)32-25(34)23-17-5-2-3-8-21(17)36-24(23)30-26(32)35-14-22(33)31-29-13-18-19(27)6-4-7-20(18)28/h4,6-7,9-13H,2-3,5,8,14H2,1H3,(H,31,33). The highest BCUT2D eigenvalue weighted by atomic mass is 35.5. The minimum Gasteiger partial charge on any atom is -0.272 e. The molecule has 0 bridgehead atoms. The van der Waals surface area contributed by atoms with Crippen LogP contribution < -0.4 is 11.0 Å². The van der Waals surface area contributed by atoms with Crippen LogP contribution in [0.2, 0.25) is 5.02 Å². The summed E-state index contributed by atoms with van der Waals surface area (Å²) in [5.41, 5.74) is 5.26. The molecule has 2 heterocycles. The van der Waals surface area contributed by atoms with Crippen LogP contribution in [0.3, 0.4) is 0 Å². The monoisotopic (exact) mass is 540 g/mol. The van der Waals surface area contributed by atoms with Crippen molar-refractivity contribution in [3.63, 3.8) is 0 Å². The van der Waals surface area contributed by atoms with E-state index in [1.807, 2.05) is 31.2 Å². The molecule has 1 amide bonds. The highest BCUT2D eigenvalue weighted by Crippen LogP contribution is 2.35. The van der Waals surface area contributed by atoms with E-state index in [-0.39, 0.29) is 21.9 Å². The van der Waals surface area contributed by atoms with E-state index < -0.39 is 11.7 Å². The predicted octanol–water partition coefficient (Wildman–Crippen LogP) is 5.67. The van der Waals surface area contributed by atoms with Gasteiger partial charge in [0.2, 0.25) is 0 Å². The number of benzene rings is 2. The van der Waals surface area contributed by atoms with Crippen molar-refractivity contribution in [3.05, 3.63) is 85.2 Å². The number of thiophene rings is 1. The van der Waals surface area contributed by atoms with Crippen LogP contribution >= 0.6 is 34.7 Å². The molecular weight excluding hydrogens is 519 g/mol. The topological polar surface area (TPSA) is 76.3 Å². The normalized spacial score (nSPS) is 13.3. The van der Waals surface area contributed by atoms with Crippen LogP contribution in [-0.4, -0.2) is 27.4 Å². The molecule has 2 aromatic carbocycles. The van der Waals surface area contributed by atoms with Crippen molar-refractivity contribution < 1.29 is 9.18 Å². The van der Waals surface area contributed by atoms with Crippen molar-refractivity contribution in [1.29, 1.82) is 0 Å². The van der Waals surface area contributed by atoms with Crippen LogP contribution in [0.4, 0.5) is 4.39 Å². The van der Waals surface area contributed by atoms with Gasteiger partial charge in [-0.3, -0.25) is 14.2 Å². The van der Waals surface area contributed by atoms with Gasteiger partial charge in [-0.2, -0.15) is 5.10 Å². The Kier molecular flexibility index (Phi) is 7.22. The van der Waals surface area contributed by atoms with Gasteiger partial charge in [0.1, 0.15) is 10.6 Å². The lowest BCUT2D eigenvalue weighted by Crippen LogP contribution is -2.24. The summed E-state index contributed by atoms with van der Waals surface area (Å²) in [7, 11) is 0. The number of nitrogens with zero attached hydrogens (tertiary/aromatic N) is 3. The molecule has 1 aliphatic rings. The van der Waals surface area contributed by atoms with Gasteiger partial charge in [-0.25, -0.2) is 14.8 Å². The molecule has 5 rings (SSSR count). The highest BCUT2D eigenvalue weighted by Gasteiger charge is 2.23. The maximum atomic E-state index is 13.9. The summed E-state index contributed by atoms with van der Waals surface area (Å²) in [6.07, 6.45) is 5.21. The largest absolute Gasteiger partial charge is 0.272 e. The van der Waals surface area contributed by atoms with Crippen molar-refractivity contribution in [3.8, 4) is 5.69 Å². The molecule has 36 heavy (non-hydrogen) atoms. The van der Waals surface area contributed by atoms with Crippen molar-refractivity contribution in [2.45, 2.75) is 37.8 Å². The Morgan fingerprint density at radius 3 is 2.81 bits per heavy atom. The van der Waals surface area contributed by atoms with Gasteiger partial charge in [-0.05, 0) is 62.4 Å². The number of aryl methyl sites for hydroxylation is 3. The Bertz CT molecular complexity index is 1530. The SMILES string of the molecule is Cc1ccc(-n2c(SCC(=O)NN=Cc3c(F)cccc3Cl)nc3sc4c(c3c2=O)CCCC4)cc1. The lowest BCUT2D eigenvalue weighted by atomic mass is 9.97. The van der Waals surface area contributed by atoms with Crippen molar-refractivity contribution in [2.75, 3.05) is 5.75 Å². The van der Waals surface area contributed by atoms with Gasteiger partial charge in [0.05, 0.1) is 28.1 Å². The van der Waals surface area contributed by atoms with Gasteiger partial charge in [0.25, 0.3) is 11.5 Å². The second-order valence-electron chi connectivity index (χ2n) is 8.48. The number of aromatic nitrogens is 2. The Balaban J connectivity index is 1.43. The van der Waals surface area contributed by atoms with E-state index in [1.165, 1.54) is 29.3 Å². The van der Waals surface area contributed by atoms with Crippen LogP contribution in [-0.2, 0) is 17.6 Å². The van der Waals surface area contributed by atoms with Crippen molar-refractivity contribution >= 4 is 57.0 Å². The quantitative estimate of drug-likeness (QED) is 0.148. The smallest absolute Gasteiger partial charge is 0.267 e. The van der Waals surface area contributed by atoms with E-state index in [4.69, 9.17) is 16.6 Å². The average molecular weight is 541 g/mol. The molecule has 0 saturated heterocycles. The molecule has 2 aromatic heterocycles. The number of hydrazone groups is 1. The number of amides is 1. The molecule has 0 aliphatic heterocycles. The van der Waals surface area contributed by atoms with E-state index in [9.17, 15) is 14.0 Å². The highest BCUT2D eigenvalue weighted by molar-refractivity contribution is 7.99. The summed E-state index contributed by atoms with van der Waals surface area (Å²) in [6.45, 7) is 1.98. The van der Waals surface area contributed by atoms with Crippen LogP contribution in [0, 0.1) is 12.7 Å². The fourth-order valence-electron chi connectivity index (χ4n) is 4.17. The summed E-state index contributed by atoms with van der Waals surface area (Å²) in [5, 5.41) is 5.15. The van der Waals surface area contributed by atoms with E-state index in [0.29, 0.717) is 21.1 Å². The van der Waals surface area contributed by atoms with Crippen LogP contribution in [0.15, 0.2) is 57.5 Å². The Morgan fingerprint density at radius 1 is 1.25 bits per heavy atom. The van der Waals surface area contributed by atoms with E-state index >= 15 is 0 Å². The molecule has 0 radical (unpaired) electrons. The van der Waals surface area contributed by atoms with E-state index in [2.05, 4.69) is 10.5 Å².